The van der Waals surface area contributed by atoms with Crippen LogP contribution in [0.3, 0.4) is 0 Å². The number of rotatable bonds is 4. The highest BCUT2D eigenvalue weighted by molar-refractivity contribution is 6.30. The lowest BCUT2D eigenvalue weighted by atomic mass is 10.1. The lowest BCUT2D eigenvalue weighted by Gasteiger charge is -2.06. The number of hydrogen-bond acceptors (Lipinski definition) is 4. The van der Waals surface area contributed by atoms with Gasteiger partial charge in [-0.3, -0.25) is 4.79 Å². The Balaban J connectivity index is 1.41. The van der Waals surface area contributed by atoms with Crippen molar-refractivity contribution in [2.75, 3.05) is 0 Å². The van der Waals surface area contributed by atoms with Crippen LogP contribution >= 0.6 is 11.6 Å². The lowest BCUT2D eigenvalue weighted by Crippen LogP contribution is -2.24. The summed E-state index contributed by atoms with van der Waals surface area (Å²) >= 11 is 5.96. The van der Waals surface area contributed by atoms with E-state index in [1.165, 1.54) is 0 Å². The third-order valence-electron chi connectivity index (χ3n) is 4.71. The minimum atomic E-state index is -0.180. The summed E-state index contributed by atoms with van der Waals surface area (Å²) in [4.78, 5) is 15.8. The number of benzene rings is 2. The Hall–Kier alpha value is -3.71. The molecule has 2 N–H and O–H groups in total. The molecule has 0 atom stereocenters. The van der Waals surface area contributed by atoms with Gasteiger partial charge in [0.1, 0.15) is 0 Å². The maximum absolute atomic E-state index is 12.7. The zero-order valence-electron chi connectivity index (χ0n) is 15.1. The molecule has 142 valence electrons. The van der Waals surface area contributed by atoms with E-state index in [9.17, 15) is 4.79 Å². The third-order valence-corrected chi connectivity index (χ3v) is 4.97. The SMILES string of the molecule is O=C(NCc1nnc2ccc(-c3ccc(Cl)cc3)nn12)c1cccc2[nH]ccc12. The van der Waals surface area contributed by atoms with Gasteiger partial charge in [-0.25, -0.2) is 0 Å². The van der Waals surface area contributed by atoms with Crippen LogP contribution in [0.1, 0.15) is 16.2 Å². The zero-order chi connectivity index (χ0) is 19.8. The summed E-state index contributed by atoms with van der Waals surface area (Å²) < 4.78 is 1.64. The van der Waals surface area contributed by atoms with E-state index >= 15 is 0 Å². The second-order valence-electron chi connectivity index (χ2n) is 6.54. The molecule has 0 radical (unpaired) electrons. The lowest BCUT2D eigenvalue weighted by molar-refractivity contribution is 0.0951. The van der Waals surface area contributed by atoms with Gasteiger partial charge in [-0.15, -0.1) is 10.2 Å². The van der Waals surface area contributed by atoms with Crippen molar-refractivity contribution in [1.29, 1.82) is 0 Å². The number of amides is 1. The summed E-state index contributed by atoms with van der Waals surface area (Å²) in [6.45, 7) is 0.206. The molecule has 29 heavy (non-hydrogen) atoms. The number of halogens is 1. The Morgan fingerprint density at radius 2 is 1.90 bits per heavy atom. The Morgan fingerprint density at radius 3 is 2.76 bits per heavy atom. The number of H-pyrrole nitrogens is 1. The fourth-order valence-electron chi connectivity index (χ4n) is 3.26. The van der Waals surface area contributed by atoms with Gasteiger partial charge in [-0.1, -0.05) is 29.8 Å². The van der Waals surface area contributed by atoms with Crippen molar-refractivity contribution < 1.29 is 4.79 Å². The molecule has 0 bridgehead atoms. The largest absolute Gasteiger partial charge is 0.361 e. The minimum absolute atomic E-state index is 0.180. The van der Waals surface area contributed by atoms with Gasteiger partial charge in [0, 0.05) is 33.2 Å². The first-order chi connectivity index (χ1) is 14.2. The molecule has 3 aromatic heterocycles. The number of fused-ring (bicyclic) bond motifs is 2. The van der Waals surface area contributed by atoms with E-state index in [-0.39, 0.29) is 12.5 Å². The Kier molecular flexibility index (Phi) is 4.22. The minimum Gasteiger partial charge on any atom is -0.361 e. The van der Waals surface area contributed by atoms with Crippen LogP contribution in [0, 0.1) is 0 Å². The maximum Gasteiger partial charge on any atom is 0.252 e. The molecule has 0 unspecified atom stereocenters. The monoisotopic (exact) mass is 402 g/mol. The van der Waals surface area contributed by atoms with Gasteiger partial charge in [0.15, 0.2) is 11.5 Å². The number of aromatic nitrogens is 5. The molecule has 0 aliphatic carbocycles. The van der Waals surface area contributed by atoms with E-state index in [4.69, 9.17) is 11.6 Å². The van der Waals surface area contributed by atoms with E-state index in [0.29, 0.717) is 22.1 Å². The third kappa shape index (κ3) is 3.21. The maximum atomic E-state index is 12.7. The molecule has 8 heteroatoms. The number of nitrogens with zero attached hydrogens (tertiary/aromatic N) is 4. The Bertz CT molecular complexity index is 1340. The van der Waals surface area contributed by atoms with E-state index in [1.54, 1.807) is 10.6 Å². The molecule has 0 aliphatic heterocycles. The van der Waals surface area contributed by atoms with Crippen LogP contribution in [-0.4, -0.2) is 30.7 Å². The van der Waals surface area contributed by atoms with Crippen molar-refractivity contribution in [2.45, 2.75) is 6.54 Å². The highest BCUT2D eigenvalue weighted by atomic mass is 35.5. The van der Waals surface area contributed by atoms with Crippen molar-refractivity contribution in [2.24, 2.45) is 0 Å². The van der Waals surface area contributed by atoms with Crippen molar-refractivity contribution in [3.63, 3.8) is 0 Å². The number of nitrogens with one attached hydrogen (secondary N) is 2. The van der Waals surface area contributed by atoms with Crippen LogP contribution in [-0.2, 0) is 6.54 Å². The predicted molar refractivity (Wildman–Crippen MR) is 111 cm³/mol. The first-order valence-electron chi connectivity index (χ1n) is 9.00. The van der Waals surface area contributed by atoms with Crippen LogP contribution in [0.25, 0.3) is 27.8 Å². The van der Waals surface area contributed by atoms with Crippen LogP contribution in [0.4, 0.5) is 0 Å². The van der Waals surface area contributed by atoms with E-state index < -0.39 is 0 Å². The molecule has 0 fully saturated rings. The van der Waals surface area contributed by atoms with E-state index in [0.717, 1.165) is 22.2 Å². The summed E-state index contributed by atoms with van der Waals surface area (Å²) in [6, 6.07) is 18.6. The molecule has 0 aliphatic rings. The molecule has 0 saturated carbocycles. The van der Waals surface area contributed by atoms with Gasteiger partial charge >= 0.3 is 0 Å². The molecule has 0 saturated heterocycles. The zero-order valence-corrected chi connectivity index (χ0v) is 15.9. The first kappa shape index (κ1) is 17.4. The van der Waals surface area contributed by atoms with Crippen molar-refractivity contribution in [3.8, 4) is 11.3 Å². The van der Waals surface area contributed by atoms with Crippen LogP contribution < -0.4 is 5.32 Å². The fraction of sp³-hybridized carbons (Fsp3) is 0.0476. The first-order valence-corrected chi connectivity index (χ1v) is 9.38. The number of aromatic amines is 1. The van der Waals surface area contributed by atoms with E-state index in [2.05, 4.69) is 25.6 Å². The van der Waals surface area contributed by atoms with Crippen LogP contribution in [0.15, 0.2) is 66.9 Å². The molecule has 1 amide bonds. The summed E-state index contributed by atoms with van der Waals surface area (Å²) in [6.07, 6.45) is 1.82. The Morgan fingerprint density at radius 1 is 1.03 bits per heavy atom. The molecule has 5 aromatic rings. The summed E-state index contributed by atoms with van der Waals surface area (Å²) in [5.74, 6) is 0.367. The molecular weight excluding hydrogens is 388 g/mol. The molecule has 0 spiro atoms. The average molecular weight is 403 g/mol. The van der Waals surface area contributed by atoms with Crippen molar-refractivity contribution in [1.82, 2.24) is 30.1 Å². The fourth-order valence-corrected chi connectivity index (χ4v) is 3.38. The summed E-state index contributed by atoms with van der Waals surface area (Å²) in [5.41, 5.74) is 3.82. The number of hydrogen-bond donors (Lipinski definition) is 2. The van der Waals surface area contributed by atoms with E-state index in [1.807, 2.05) is 60.8 Å². The summed E-state index contributed by atoms with van der Waals surface area (Å²) in [7, 11) is 0. The predicted octanol–water partition coefficient (Wildman–Crippen LogP) is 3.86. The highest BCUT2D eigenvalue weighted by Crippen LogP contribution is 2.20. The van der Waals surface area contributed by atoms with Crippen molar-refractivity contribution >= 4 is 34.1 Å². The van der Waals surface area contributed by atoms with Gasteiger partial charge in [-0.05, 0) is 42.5 Å². The second-order valence-corrected chi connectivity index (χ2v) is 6.98. The number of carbonyl (C=O) groups is 1. The van der Waals surface area contributed by atoms with Crippen LogP contribution in [0.2, 0.25) is 5.02 Å². The van der Waals surface area contributed by atoms with Gasteiger partial charge in [0.2, 0.25) is 0 Å². The standard InChI is InChI=1S/C21H15ClN6O/c22-14-6-4-13(5-7-14)17-8-9-19-25-26-20(28(19)27-17)12-24-21(29)16-2-1-3-18-15(16)10-11-23-18/h1-11,23H,12H2,(H,24,29). The smallest absolute Gasteiger partial charge is 0.252 e. The molecule has 7 nitrogen and oxygen atoms in total. The quantitative estimate of drug-likeness (QED) is 0.478. The van der Waals surface area contributed by atoms with Crippen LogP contribution in [0.5, 0.6) is 0 Å². The number of carbonyl (C=O) groups excluding carboxylic acids is 1. The highest BCUT2D eigenvalue weighted by Gasteiger charge is 2.13. The normalized spacial score (nSPS) is 11.2. The van der Waals surface area contributed by atoms with Gasteiger partial charge in [0.05, 0.1) is 12.2 Å². The summed E-state index contributed by atoms with van der Waals surface area (Å²) in [5, 5.41) is 17.4. The van der Waals surface area contributed by atoms with Crippen molar-refractivity contribution in [3.05, 3.63) is 83.3 Å². The van der Waals surface area contributed by atoms with Gasteiger partial charge < -0.3 is 10.3 Å². The topological polar surface area (TPSA) is 88.0 Å². The molecule has 2 aromatic carbocycles. The Labute approximate surface area is 170 Å². The molecule has 5 rings (SSSR count). The average Bonchev–Trinajstić information content (AvgIpc) is 3.39. The second kappa shape index (κ2) is 7.03. The molecule has 3 heterocycles. The molecular formula is C21H15ClN6O. The van der Waals surface area contributed by atoms with Gasteiger partial charge in [-0.2, -0.15) is 9.61 Å². The van der Waals surface area contributed by atoms with Gasteiger partial charge in [0.25, 0.3) is 5.91 Å².